The molecule has 4 aromatic rings. The van der Waals surface area contributed by atoms with Crippen LogP contribution in [0.25, 0.3) is 32.3 Å². The number of ether oxygens (including phenoxy) is 12. The Morgan fingerprint density at radius 2 is 0.396 bits per heavy atom. The van der Waals surface area contributed by atoms with Crippen molar-refractivity contribution in [1.82, 2.24) is 0 Å². The standard InChI is InChI=1S/C36H48O12/c1-37-7-13-43-31-19-25-26(20-32(31)44-14-8-38-2)28-22-34(46-16-10-40-4)36(48-18-12-42-6)24-30(28)29-23-35(47-17-11-41-5)33(21-27(25)29)45-15-9-39-3/h19-24H,7-18H2,1-6H3. The molecule has 0 radical (unpaired) electrons. The van der Waals surface area contributed by atoms with Crippen molar-refractivity contribution in [2.45, 2.75) is 0 Å². The smallest absolute Gasteiger partial charge is 0.161 e. The van der Waals surface area contributed by atoms with Gasteiger partial charge in [-0.2, -0.15) is 0 Å². The second-order valence-electron chi connectivity index (χ2n) is 10.6. The van der Waals surface area contributed by atoms with E-state index in [1.807, 2.05) is 36.4 Å². The summed E-state index contributed by atoms with van der Waals surface area (Å²) in [4.78, 5) is 0. The van der Waals surface area contributed by atoms with Gasteiger partial charge >= 0.3 is 0 Å². The number of hydrogen-bond donors (Lipinski definition) is 0. The first-order valence-corrected chi connectivity index (χ1v) is 15.9. The predicted molar refractivity (Wildman–Crippen MR) is 183 cm³/mol. The maximum Gasteiger partial charge on any atom is 0.161 e. The van der Waals surface area contributed by atoms with Crippen LogP contribution in [0.4, 0.5) is 0 Å². The van der Waals surface area contributed by atoms with Crippen LogP contribution < -0.4 is 28.4 Å². The molecule has 0 aliphatic rings. The molecule has 0 aliphatic heterocycles. The Bertz CT molecular complexity index is 1250. The first kappa shape index (κ1) is 37.0. The van der Waals surface area contributed by atoms with Crippen LogP contribution in [0.5, 0.6) is 34.5 Å². The molecule has 4 aromatic carbocycles. The van der Waals surface area contributed by atoms with E-state index in [-0.39, 0.29) is 0 Å². The van der Waals surface area contributed by atoms with Crippen LogP contribution in [0.1, 0.15) is 0 Å². The minimum absolute atomic E-state index is 0.344. The Labute approximate surface area is 281 Å². The van der Waals surface area contributed by atoms with Crippen LogP contribution in [-0.4, -0.2) is 122 Å². The molecule has 0 saturated carbocycles. The third-order valence-corrected chi connectivity index (χ3v) is 7.39. The fourth-order valence-corrected chi connectivity index (χ4v) is 5.10. The highest BCUT2D eigenvalue weighted by molar-refractivity contribution is 6.26. The maximum absolute atomic E-state index is 6.19. The number of methoxy groups -OCH3 is 6. The molecular weight excluding hydrogens is 624 g/mol. The van der Waals surface area contributed by atoms with E-state index in [4.69, 9.17) is 56.8 Å². The first-order valence-electron chi connectivity index (χ1n) is 15.9. The third kappa shape index (κ3) is 9.65. The highest BCUT2D eigenvalue weighted by Crippen LogP contribution is 2.47. The highest BCUT2D eigenvalue weighted by atomic mass is 16.6. The molecule has 264 valence electrons. The lowest BCUT2D eigenvalue weighted by molar-refractivity contribution is 0.132. The molecule has 4 rings (SSSR count). The van der Waals surface area contributed by atoms with Gasteiger partial charge in [0, 0.05) is 42.7 Å². The van der Waals surface area contributed by atoms with E-state index in [1.54, 1.807) is 42.7 Å². The zero-order valence-corrected chi connectivity index (χ0v) is 28.8. The van der Waals surface area contributed by atoms with Gasteiger partial charge in [0.1, 0.15) is 39.6 Å². The second kappa shape index (κ2) is 19.9. The van der Waals surface area contributed by atoms with Gasteiger partial charge in [0.15, 0.2) is 34.5 Å². The molecule has 0 N–H and O–H groups in total. The number of benzene rings is 4. The molecule has 0 spiro atoms. The van der Waals surface area contributed by atoms with Gasteiger partial charge in [0.25, 0.3) is 0 Å². The molecule has 0 amide bonds. The molecule has 0 fully saturated rings. The summed E-state index contributed by atoms with van der Waals surface area (Å²) < 4.78 is 68.7. The minimum atomic E-state index is 0.344. The molecule has 12 nitrogen and oxygen atoms in total. The lowest BCUT2D eigenvalue weighted by Gasteiger charge is -2.20. The molecule has 12 heteroatoms. The van der Waals surface area contributed by atoms with Crippen molar-refractivity contribution in [3.63, 3.8) is 0 Å². The summed E-state index contributed by atoms with van der Waals surface area (Å²) in [5.74, 6) is 3.47. The maximum atomic E-state index is 6.19. The monoisotopic (exact) mass is 672 g/mol. The zero-order valence-electron chi connectivity index (χ0n) is 28.8. The summed E-state index contributed by atoms with van der Waals surface area (Å²) in [5.41, 5.74) is 0. The average Bonchev–Trinajstić information content (AvgIpc) is 3.09. The number of hydrogen-bond acceptors (Lipinski definition) is 12. The predicted octanol–water partition coefficient (Wildman–Crippen LogP) is 5.30. The quantitative estimate of drug-likeness (QED) is 0.0712. The van der Waals surface area contributed by atoms with Crippen molar-refractivity contribution in [3.8, 4) is 34.5 Å². The van der Waals surface area contributed by atoms with Crippen molar-refractivity contribution in [1.29, 1.82) is 0 Å². The van der Waals surface area contributed by atoms with E-state index in [0.29, 0.717) is 114 Å². The van der Waals surface area contributed by atoms with E-state index >= 15 is 0 Å². The Morgan fingerprint density at radius 1 is 0.250 bits per heavy atom. The molecule has 0 aliphatic carbocycles. The van der Waals surface area contributed by atoms with Gasteiger partial charge in [-0.05, 0) is 68.7 Å². The summed E-state index contributed by atoms with van der Waals surface area (Å²) in [7, 11) is 9.81. The fourth-order valence-electron chi connectivity index (χ4n) is 5.10. The summed E-state index contributed by atoms with van der Waals surface area (Å²) >= 11 is 0. The molecule has 48 heavy (non-hydrogen) atoms. The van der Waals surface area contributed by atoms with E-state index in [0.717, 1.165) is 32.3 Å². The molecular formula is C36H48O12. The first-order chi connectivity index (χ1) is 23.6. The summed E-state index contributed by atoms with van der Waals surface area (Å²) in [6, 6.07) is 12.0. The fraction of sp³-hybridized carbons (Fsp3) is 0.500. The highest BCUT2D eigenvalue weighted by Gasteiger charge is 2.20. The van der Waals surface area contributed by atoms with Crippen molar-refractivity contribution in [2.75, 3.05) is 122 Å². The third-order valence-electron chi connectivity index (χ3n) is 7.39. The van der Waals surface area contributed by atoms with Crippen molar-refractivity contribution in [2.24, 2.45) is 0 Å². The molecule has 0 bridgehead atoms. The summed E-state index contributed by atoms with van der Waals surface area (Å²) in [6.45, 7) is 4.57. The van der Waals surface area contributed by atoms with Gasteiger partial charge in [0.05, 0.1) is 39.6 Å². The number of fused-ring (bicyclic) bond motifs is 6. The molecule has 0 unspecified atom stereocenters. The molecule has 0 aromatic heterocycles. The Hall–Kier alpha value is -3.78. The second-order valence-corrected chi connectivity index (χ2v) is 10.6. The van der Waals surface area contributed by atoms with Crippen molar-refractivity contribution >= 4 is 32.3 Å². The van der Waals surface area contributed by atoms with Gasteiger partial charge in [-0.3, -0.25) is 0 Å². The van der Waals surface area contributed by atoms with Crippen LogP contribution in [0.15, 0.2) is 36.4 Å². The SMILES string of the molecule is COCCOc1cc2c3cc(OCCOC)c(OCCOC)cc3c3cc(OCCOC)c(OCCOC)cc3c2cc1OCCOC. The van der Waals surface area contributed by atoms with E-state index in [9.17, 15) is 0 Å². The Morgan fingerprint density at radius 3 is 0.521 bits per heavy atom. The van der Waals surface area contributed by atoms with E-state index in [1.165, 1.54) is 0 Å². The minimum Gasteiger partial charge on any atom is -0.487 e. The van der Waals surface area contributed by atoms with E-state index in [2.05, 4.69) is 0 Å². The van der Waals surface area contributed by atoms with Crippen LogP contribution in [0.3, 0.4) is 0 Å². The van der Waals surface area contributed by atoms with Gasteiger partial charge in [-0.15, -0.1) is 0 Å². The summed E-state index contributed by atoms with van der Waals surface area (Å²) in [5, 5.41) is 5.50. The zero-order chi connectivity index (χ0) is 34.1. The Kier molecular flexibility index (Phi) is 15.4. The van der Waals surface area contributed by atoms with Crippen molar-refractivity contribution < 1.29 is 56.8 Å². The average molecular weight is 673 g/mol. The van der Waals surface area contributed by atoms with Crippen LogP contribution in [-0.2, 0) is 28.4 Å². The number of rotatable bonds is 24. The van der Waals surface area contributed by atoms with Gasteiger partial charge in [-0.1, -0.05) is 0 Å². The van der Waals surface area contributed by atoms with Crippen LogP contribution >= 0.6 is 0 Å². The summed E-state index contributed by atoms with van der Waals surface area (Å²) in [6.07, 6.45) is 0. The van der Waals surface area contributed by atoms with Gasteiger partial charge in [0.2, 0.25) is 0 Å². The van der Waals surface area contributed by atoms with Gasteiger partial charge in [-0.25, -0.2) is 0 Å². The van der Waals surface area contributed by atoms with Crippen LogP contribution in [0.2, 0.25) is 0 Å². The van der Waals surface area contributed by atoms with Crippen molar-refractivity contribution in [3.05, 3.63) is 36.4 Å². The van der Waals surface area contributed by atoms with Gasteiger partial charge < -0.3 is 56.8 Å². The molecule has 0 atom stereocenters. The van der Waals surface area contributed by atoms with Crippen LogP contribution in [0, 0.1) is 0 Å². The Balaban J connectivity index is 2.05. The van der Waals surface area contributed by atoms with E-state index < -0.39 is 0 Å². The lowest BCUT2D eigenvalue weighted by Crippen LogP contribution is -2.09. The lowest BCUT2D eigenvalue weighted by atomic mass is 9.93. The normalized spacial score (nSPS) is 11.4. The largest absolute Gasteiger partial charge is 0.487 e. The molecule has 0 saturated heterocycles. The topological polar surface area (TPSA) is 111 Å². The molecule has 0 heterocycles.